The van der Waals surface area contributed by atoms with Gasteiger partial charge in [0.2, 0.25) is 0 Å². The minimum atomic E-state index is 0.233. The van der Waals surface area contributed by atoms with Crippen LogP contribution in [0.2, 0.25) is 0 Å². The maximum Gasteiger partial charge on any atom is 0.0585 e. The van der Waals surface area contributed by atoms with Crippen molar-refractivity contribution in [3.63, 3.8) is 0 Å². The molecule has 2 aliphatic rings. The van der Waals surface area contributed by atoms with Crippen LogP contribution in [0.25, 0.3) is 0 Å². The molecule has 0 aliphatic heterocycles. The van der Waals surface area contributed by atoms with Crippen molar-refractivity contribution >= 4 is 0 Å². The average Bonchev–Trinajstić information content (AvgIpc) is 2.58. The van der Waals surface area contributed by atoms with Gasteiger partial charge in [-0.05, 0) is 45.4 Å². The average molecular weight is 169 g/mol. The summed E-state index contributed by atoms with van der Waals surface area (Å²) in [6, 6.07) is 0. The Morgan fingerprint density at radius 3 is 2.33 bits per heavy atom. The Hall–Kier alpha value is -0.0800. The van der Waals surface area contributed by atoms with Crippen molar-refractivity contribution in [2.45, 2.75) is 57.3 Å². The van der Waals surface area contributed by atoms with E-state index in [2.05, 4.69) is 13.8 Å². The fraction of sp³-hybridized carbons (Fsp3) is 1.00. The Bertz CT molecular complexity index is 169. The molecule has 12 heavy (non-hydrogen) atoms. The summed E-state index contributed by atoms with van der Waals surface area (Å²) in [5.41, 5.74) is 6.32. The quantitative estimate of drug-likeness (QED) is 0.697. The molecule has 2 heteroatoms. The van der Waals surface area contributed by atoms with E-state index in [1.54, 1.807) is 0 Å². The SMILES string of the molecule is CC(C)OC1CC(C2(N)CC2)C1. The number of ether oxygens (including phenoxy) is 1. The van der Waals surface area contributed by atoms with Crippen molar-refractivity contribution in [2.24, 2.45) is 11.7 Å². The molecule has 0 radical (unpaired) electrons. The molecule has 0 aromatic rings. The van der Waals surface area contributed by atoms with E-state index in [0.717, 1.165) is 5.92 Å². The molecule has 0 heterocycles. The summed E-state index contributed by atoms with van der Waals surface area (Å²) < 4.78 is 5.68. The van der Waals surface area contributed by atoms with E-state index in [-0.39, 0.29) is 5.54 Å². The first-order valence-electron chi connectivity index (χ1n) is 5.04. The molecule has 2 nitrogen and oxygen atoms in total. The van der Waals surface area contributed by atoms with Crippen LogP contribution in [0.5, 0.6) is 0 Å². The molecule has 0 saturated heterocycles. The molecule has 0 unspecified atom stereocenters. The number of hydrogen-bond donors (Lipinski definition) is 1. The molecule has 0 aromatic heterocycles. The molecule has 2 fully saturated rings. The van der Waals surface area contributed by atoms with E-state index in [1.165, 1.54) is 25.7 Å². The molecule has 0 atom stereocenters. The first-order chi connectivity index (χ1) is 5.60. The van der Waals surface area contributed by atoms with E-state index >= 15 is 0 Å². The molecular formula is C10H19NO. The molecule has 2 rings (SSSR count). The van der Waals surface area contributed by atoms with Crippen molar-refractivity contribution in [3.8, 4) is 0 Å². The van der Waals surface area contributed by atoms with E-state index in [9.17, 15) is 0 Å². The third kappa shape index (κ3) is 1.50. The molecule has 0 spiro atoms. The topological polar surface area (TPSA) is 35.2 Å². The fourth-order valence-electron chi connectivity index (χ4n) is 2.08. The molecule has 0 bridgehead atoms. The highest BCUT2D eigenvalue weighted by molar-refractivity contribution is 5.08. The molecule has 0 amide bonds. The summed E-state index contributed by atoms with van der Waals surface area (Å²) >= 11 is 0. The van der Waals surface area contributed by atoms with Crippen molar-refractivity contribution in [2.75, 3.05) is 0 Å². The second-order valence-electron chi connectivity index (χ2n) is 4.71. The minimum absolute atomic E-state index is 0.233. The van der Waals surface area contributed by atoms with Crippen LogP contribution in [0.1, 0.15) is 39.5 Å². The summed E-state index contributed by atoms with van der Waals surface area (Å²) in [6.45, 7) is 4.20. The zero-order chi connectivity index (χ0) is 8.77. The van der Waals surface area contributed by atoms with Gasteiger partial charge in [-0.3, -0.25) is 0 Å². The molecule has 70 valence electrons. The largest absolute Gasteiger partial charge is 0.376 e. The Morgan fingerprint density at radius 1 is 1.33 bits per heavy atom. The van der Waals surface area contributed by atoms with Crippen molar-refractivity contribution in [1.29, 1.82) is 0 Å². The molecular weight excluding hydrogens is 150 g/mol. The lowest BCUT2D eigenvalue weighted by Crippen LogP contribution is -2.45. The van der Waals surface area contributed by atoms with Crippen LogP contribution in [-0.2, 0) is 4.74 Å². The lowest BCUT2D eigenvalue weighted by Gasteiger charge is -2.40. The van der Waals surface area contributed by atoms with E-state index in [0.29, 0.717) is 12.2 Å². The van der Waals surface area contributed by atoms with Crippen molar-refractivity contribution in [3.05, 3.63) is 0 Å². The van der Waals surface area contributed by atoms with Crippen molar-refractivity contribution < 1.29 is 4.74 Å². The van der Waals surface area contributed by atoms with Crippen LogP contribution in [0.3, 0.4) is 0 Å². The standard InChI is InChI=1S/C10H19NO/c1-7(2)12-9-5-8(6-9)10(11)3-4-10/h7-9H,3-6,11H2,1-2H3. The van der Waals surface area contributed by atoms with Crippen LogP contribution in [0, 0.1) is 5.92 Å². The highest BCUT2D eigenvalue weighted by atomic mass is 16.5. The summed E-state index contributed by atoms with van der Waals surface area (Å²) in [7, 11) is 0. The Labute approximate surface area is 74.5 Å². The lowest BCUT2D eigenvalue weighted by atomic mass is 9.76. The van der Waals surface area contributed by atoms with E-state index < -0.39 is 0 Å². The molecule has 0 aromatic carbocycles. The van der Waals surface area contributed by atoms with Gasteiger partial charge in [-0.1, -0.05) is 0 Å². The predicted octanol–water partition coefficient (Wildman–Crippen LogP) is 1.68. The number of rotatable bonds is 3. The summed E-state index contributed by atoms with van der Waals surface area (Å²) in [5.74, 6) is 0.765. The first-order valence-corrected chi connectivity index (χ1v) is 5.04. The Kier molecular flexibility index (Phi) is 1.92. The normalized spacial score (nSPS) is 38.0. The van der Waals surface area contributed by atoms with Gasteiger partial charge in [-0.2, -0.15) is 0 Å². The highest BCUT2D eigenvalue weighted by Crippen LogP contribution is 2.49. The second kappa shape index (κ2) is 2.71. The zero-order valence-electron chi connectivity index (χ0n) is 8.05. The molecule has 2 aliphatic carbocycles. The minimum Gasteiger partial charge on any atom is -0.376 e. The van der Waals surface area contributed by atoms with E-state index in [1.807, 2.05) is 0 Å². The smallest absolute Gasteiger partial charge is 0.0585 e. The lowest BCUT2D eigenvalue weighted by molar-refractivity contribution is -0.0695. The van der Waals surface area contributed by atoms with Crippen LogP contribution in [0.15, 0.2) is 0 Å². The van der Waals surface area contributed by atoms with Crippen LogP contribution < -0.4 is 5.73 Å². The maximum atomic E-state index is 6.09. The number of hydrogen-bond acceptors (Lipinski definition) is 2. The maximum absolute atomic E-state index is 6.09. The summed E-state index contributed by atoms with van der Waals surface area (Å²) in [5, 5.41) is 0. The van der Waals surface area contributed by atoms with Gasteiger partial charge in [0.25, 0.3) is 0 Å². The van der Waals surface area contributed by atoms with Gasteiger partial charge in [0.1, 0.15) is 0 Å². The second-order valence-corrected chi connectivity index (χ2v) is 4.71. The van der Waals surface area contributed by atoms with Gasteiger partial charge in [0, 0.05) is 5.54 Å². The van der Waals surface area contributed by atoms with Gasteiger partial charge in [0.15, 0.2) is 0 Å². The molecule has 2 N–H and O–H groups in total. The van der Waals surface area contributed by atoms with Gasteiger partial charge in [0.05, 0.1) is 12.2 Å². The van der Waals surface area contributed by atoms with Gasteiger partial charge < -0.3 is 10.5 Å². The van der Waals surface area contributed by atoms with E-state index in [4.69, 9.17) is 10.5 Å². The van der Waals surface area contributed by atoms with Gasteiger partial charge in [-0.25, -0.2) is 0 Å². The number of nitrogens with two attached hydrogens (primary N) is 1. The van der Waals surface area contributed by atoms with Gasteiger partial charge in [-0.15, -0.1) is 0 Å². The van der Waals surface area contributed by atoms with Crippen molar-refractivity contribution in [1.82, 2.24) is 0 Å². The van der Waals surface area contributed by atoms with Gasteiger partial charge >= 0.3 is 0 Å². The van der Waals surface area contributed by atoms with Crippen LogP contribution in [0.4, 0.5) is 0 Å². The third-order valence-corrected chi connectivity index (χ3v) is 3.20. The zero-order valence-corrected chi connectivity index (χ0v) is 8.05. The highest BCUT2D eigenvalue weighted by Gasteiger charge is 2.51. The predicted molar refractivity (Wildman–Crippen MR) is 48.9 cm³/mol. The molecule has 2 saturated carbocycles. The Morgan fingerprint density at radius 2 is 1.92 bits per heavy atom. The first kappa shape index (κ1) is 8.52. The fourth-order valence-corrected chi connectivity index (χ4v) is 2.08. The monoisotopic (exact) mass is 169 g/mol. The summed E-state index contributed by atoms with van der Waals surface area (Å²) in [4.78, 5) is 0. The van der Waals surface area contributed by atoms with Crippen LogP contribution in [-0.4, -0.2) is 17.7 Å². The third-order valence-electron chi connectivity index (χ3n) is 3.20. The Balaban J connectivity index is 1.70. The van der Waals surface area contributed by atoms with Crippen LogP contribution >= 0.6 is 0 Å². The summed E-state index contributed by atoms with van der Waals surface area (Å²) in [6.07, 6.45) is 5.78.